The van der Waals surface area contributed by atoms with Gasteiger partial charge in [0.05, 0.1) is 25.1 Å². The quantitative estimate of drug-likeness (QED) is 0.296. The van der Waals surface area contributed by atoms with Gasteiger partial charge >= 0.3 is 0 Å². The van der Waals surface area contributed by atoms with Crippen LogP contribution in [0.4, 0.5) is 17.3 Å². The SMILES string of the molecule is CC(=O)N1CCN(c2ccc(-c3cc4nc(NN=Cc5cccc(C)c5)cc(N5CCOCC5)n4n3)cc2)CC1. The molecule has 4 aromatic rings. The maximum atomic E-state index is 11.7. The Morgan fingerprint density at radius 3 is 2.45 bits per heavy atom. The third-order valence-electron chi connectivity index (χ3n) is 7.43. The largest absolute Gasteiger partial charge is 0.378 e. The van der Waals surface area contributed by atoms with Gasteiger partial charge in [0.2, 0.25) is 5.91 Å². The van der Waals surface area contributed by atoms with Crippen molar-refractivity contribution in [1.29, 1.82) is 0 Å². The van der Waals surface area contributed by atoms with Crippen molar-refractivity contribution in [3.8, 4) is 11.3 Å². The zero-order valence-corrected chi connectivity index (χ0v) is 23.0. The highest BCUT2D eigenvalue weighted by Crippen LogP contribution is 2.28. The first kappa shape index (κ1) is 25.8. The number of carbonyl (C=O) groups excluding carboxylic acids is 1. The van der Waals surface area contributed by atoms with Gasteiger partial charge in [0.15, 0.2) is 11.5 Å². The highest BCUT2D eigenvalue weighted by atomic mass is 16.5. The number of carbonyl (C=O) groups is 1. The van der Waals surface area contributed by atoms with E-state index in [-0.39, 0.29) is 5.91 Å². The second kappa shape index (κ2) is 11.4. The Kier molecular flexibility index (Phi) is 7.33. The van der Waals surface area contributed by atoms with E-state index in [1.165, 1.54) is 5.56 Å². The molecule has 10 nitrogen and oxygen atoms in total. The molecule has 2 aliphatic rings. The Labute approximate surface area is 233 Å². The molecular formula is C30H34N8O2. The van der Waals surface area contributed by atoms with E-state index in [1.54, 1.807) is 13.1 Å². The predicted molar refractivity (Wildman–Crippen MR) is 158 cm³/mol. The summed E-state index contributed by atoms with van der Waals surface area (Å²) in [6.45, 7) is 9.80. The van der Waals surface area contributed by atoms with Crippen LogP contribution in [0.2, 0.25) is 0 Å². The fourth-order valence-electron chi connectivity index (χ4n) is 5.22. The Balaban J connectivity index is 1.26. The van der Waals surface area contributed by atoms with Crippen LogP contribution < -0.4 is 15.2 Å². The Morgan fingerprint density at radius 1 is 0.950 bits per heavy atom. The molecule has 0 atom stereocenters. The summed E-state index contributed by atoms with van der Waals surface area (Å²) in [6.07, 6.45) is 1.80. The molecule has 0 radical (unpaired) electrons. The number of nitrogens with one attached hydrogen (secondary N) is 1. The molecule has 2 fully saturated rings. The van der Waals surface area contributed by atoms with E-state index in [0.29, 0.717) is 19.0 Å². The molecule has 0 saturated carbocycles. The minimum atomic E-state index is 0.142. The van der Waals surface area contributed by atoms with Gasteiger partial charge < -0.3 is 19.4 Å². The van der Waals surface area contributed by atoms with Crippen molar-refractivity contribution in [3.05, 3.63) is 71.8 Å². The molecular weight excluding hydrogens is 504 g/mol. The van der Waals surface area contributed by atoms with Crippen molar-refractivity contribution in [2.45, 2.75) is 13.8 Å². The van der Waals surface area contributed by atoms with Crippen LogP contribution in [0.25, 0.3) is 16.9 Å². The van der Waals surface area contributed by atoms with Crippen molar-refractivity contribution < 1.29 is 9.53 Å². The lowest BCUT2D eigenvalue weighted by Crippen LogP contribution is -2.48. The summed E-state index contributed by atoms with van der Waals surface area (Å²) in [5.74, 6) is 1.75. The molecule has 2 aromatic heterocycles. The van der Waals surface area contributed by atoms with Crippen molar-refractivity contribution in [2.75, 3.05) is 67.7 Å². The van der Waals surface area contributed by atoms with Crippen LogP contribution in [0.1, 0.15) is 18.1 Å². The highest BCUT2D eigenvalue weighted by Gasteiger charge is 2.20. The first-order valence-electron chi connectivity index (χ1n) is 13.7. The molecule has 2 saturated heterocycles. The summed E-state index contributed by atoms with van der Waals surface area (Å²) in [5.41, 5.74) is 9.11. The number of fused-ring (bicyclic) bond motifs is 1. The van der Waals surface area contributed by atoms with Gasteiger partial charge in [-0.1, -0.05) is 42.0 Å². The molecule has 2 aromatic carbocycles. The molecule has 0 aliphatic carbocycles. The van der Waals surface area contributed by atoms with Crippen molar-refractivity contribution in [3.63, 3.8) is 0 Å². The van der Waals surface area contributed by atoms with Crippen LogP contribution in [0, 0.1) is 6.92 Å². The van der Waals surface area contributed by atoms with Crippen molar-refractivity contribution in [1.82, 2.24) is 19.5 Å². The molecule has 0 bridgehead atoms. The number of anilines is 3. The van der Waals surface area contributed by atoms with Crippen LogP contribution in [0.15, 0.2) is 65.8 Å². The average molecular weight is 539 g/mol. The molecule has 1 N–H and O–H groups in total. The number of hydrogen-bond acceptors (Lipinski definition) is 8. The van der Waals surface area contributed by atoms with Crippen LogP contribution in [-0.2, 0) is 9.53 Å². The summed E-state index contributed by atoms with van der Waals surface area (Å²) in [7, 11) is 0. The lowest BCUT2D eigenvalue weighted by Gasteiger charge is -2.35. The molecule has 206 valence electrons. The van der Waals surface area contributed by atoms with Crippen LogP contribution in [0.5, 0.6) is 0 Å². The van der Waals surface area contributed by atoms with Gasteiger partial charge in [-0.2, -0.15) is 14.7 Å². The monoisotopic (exact) mass is 538 g/mol. The van der Waals surface area contributed by atoms with Crippen molar-refractivity contribution in [2.24, 2.45) is 5.10 Å². The minimum Gasteiger partial charge on any atom is -0.378 e. The lowest BCUT2D eigenvalue weighted by molar-refractivity contribution is -0.129. The smallest absolute Gasteiger partial charge is 0.219 e. The number of ether oxygens (including phenoxy) is 1. The van der Waals surface area contributed by atoms with Crippen LogP contribution in [-0.4, -0.2) is 84.1 Å². The molecule has 10 heteroatoms. The number of aryl methyl sites for hydroxylation is 1. The number of piperazine rings is 1. The Morgan fingerprint density at radius 2 is 1.73 bits per heavy atom. The van der Waals surface area contributed by atoms with E-state index in [4.69, 9.17) is 14.8 Å². The van der Waals surface area contributed by atoms with E-state index < -0.39 is 0 Å². The fraction of sp³-hybridized carbons (Fsp3) is 0.333. The van der Waals surface area contributed by atoms with E-state index in [1.807, 2.05) is 33.7 Å². The maximum absolute atomic E-state index is 11.7. The second-order valence-electron chi connectivity index (χ2n) is 10.2. The van der Waals surface area contributed by atoms with Gasteiger partial charge in [0.25, 0.3) is 0 Å². The lowest BCUT2D eigenvalue weighted by atomic mass is 10.1. The van der Waals surface area contributed by atoms with Crippen LogP contribution in [0.3, 0.4) is 0 Å². The number of hydrazone groups is 1. The Hall–Kier alpha value is -4.44. The third kappa shape index (κ3) is 5.62. The summed E-state index contributed by atoms with van der Waals surface area (Å²) < 4.78 is 7.50. The van der Waals surface area contributed by atoms with E-state index in [2.05, 4.69) is 63.6 Å². The summed E-state index contributed by atoms with van der Waals surface area (Å²) in [5, 5.41) is 9.40. The van der Waals surface area contributed by atoms with Crippen molar-refractivity contribution >= 4 is 35.1 Å². The fourth-order valence-corrected chi connectivity index (χ4v) is 5.22. The molecule has 4 heterocycles. The minimum absolute atomic E-state index is 0.142. The number of morpholine rings is 1. The number of amides is 1. The summed E-state index contributed by atoms with van der Waals surface area (Å²) in [6, 6.07) is 20.7. The molecule has 1 amide bonds. The maximum Gasteiger partial charge on any atom is 0.219 e. The normalized spacial score (nSPS) is 16.2. The number of benzene rings is 2. The average Bonchev–Trinajstić information content (AvgIpc) is 3.42. The third-order valence-corrected chi connectivity index (χ3v) is 7.43. The number of aromatic nitrogens is 3. The zero-order chi connectivity index (χ0) is 27.5. The molecule has 40 heavy (non-hydrogen) atoms. The highest BCUT2D eigenvalue weighted by molar-refractivity contribution is 5.80. The number of nitrogens with zero attached hydrogens (tertiary/aromatic N) is 7. The van der Waals surface area contributed by atoms with Gasteiger partial charge in [-0.3, -0.25) is 10.2 Å². The molecule has 2 aliphatic heterocycles. The van der Waals surface area contributed by atoms with E-state index in [0.717, 1.165) is 73.2 Å². The molecule has 0 spiro atoms. The first-order valence-corrected chi connectivity index (χ1v) is 13.7. The summed E-state index contributed by atoms with van der Waals surface area (Å²) >= 11 is 0. The number of rotatable bonds is 6. The Bertz CT molecular complexity index is 1520. The topological polar surface area (TPSA) is 90.6 Å². The van der Waals surface area contributed by atoms with Gasteiger partial charge in [-0.05, 0) is 24.6 Å². The van der Waals surface area contributed by atoms with E-state index in [9.17, 15) is 4.79 Å². The zero-order valence-electron chi connectivity index (χ0n) is 23.0. The molecule has 6 rings (SSSR count). The van der Waals surface area contributed by atoms with Gasteiger partial charge in [-0.15, -0.1) is 0 Å². The van der Waals surface area contributed by atoms with Crippen LogP contribution >= 0.6 is 0 Å². The van der Waals surface area contributed by atoms with Gasteiger partial charge in [0, 0.05) is 69.6 Å². The second-order valence-corrected chi connectivity index (χ2v) is 10.2. The first-order chi connectivity index (χ1) is 19.5. The number of hydrogen-bond donors (Lipinski definition) is 1. The standard InChI is InChI=1S/C30H34N8O2/c1-22-4-3-5-24(18-22)21-31-33-28-20-30(37-14-16-40-17-15-37)38-29(32-28)19-27(34-38)25-6-8-26(9-7-25)36-12-10-35(11-13-36)23(2)39/h3-9,18-21H,10-17H2,1-2H3,(H,32,33). The summed E-state index contributed by atoms with van der Waals surface area (Å²) in [4.78, 5) is 23.0. The molecule has 0 unspecified atom stereocenters. The predicted octanol–water partition coefficient (Wildman–Crippen LogP) is 3.66. The van der Waals surface area contributed by atoms with Gasteiger partial charge in [0.1, 0.15) is 5.82 Å². The van der Waals surface area contributed by atoms with E-state index >= 15 is 0 Å². The van der Waals surface area contributed by atoms with Gasteiger partial charge in [-0.25, -0.2) is 4.98 Å².